The van der Waals surface area contributed by atoms with Gasteiger partial charge >= 0.3 is 0 Å². The van der Waals surface area contributed by atoms with Gasteiger partial charge in [0.1, 0.15) is 22.7 Å². The minimum absolute atomic E-state index is 0.133. The van der Waals surface area contributed by atoms with Crippen LogP contribution in [0.5, 0.6) is 11.5 Å². The molecule has 0 aliphatic rings. The molecular weight excluding hydrogens is 667 g/mol. The van der Waals surface area contributed by atoms with Gasteiger partial charge in [-0.1, -0.05) is 116 Å². The summed E-state index contributed by atoms with van der Waals surface area (Å²) in [7, 11) is 0. The van der Waals surface area contributed by atoms with Gasteiger partial charge < -0.3 is 14.6 Å². The Morgan fingerprint density at radius 3 is 1.58 bits per heavy atom. The number of furan rings is 1. The molecule has 8 aromatic rings. The molecule has 0 spiro atoms. The number of halogens is 1. The molecule has 0 aliphatic heterocycles. The lowest BCUT2D eigenvalue weighted by Crippen LogP contribution is -1.97. The molecule has 0 saturated carbocycles. The molecule has 0 radical (unpaired) electrons. The van der Waals surface area contributed by atoms with Crippen LogP contribution in [-0.2, 0) is 0 Å². The highest BCUT2D eigenvalue weighted by Gasteiger charge is 2.24. The van der Waals surface area contributed by atoms with Gasteiger partial charge in [-0.2, -0.15) is 0 Å². The Bertz CT molecular complexity index is 2430. The molecule has 218 valence electrons. The summed E-state index contributed by atoms with van der Waals surface area (Å²) in [5, 5.41) is 28.8. The summed E-state index contributed by atoms with van der Waals surface area (Å²) in [6, 6.07) is 40.2. The molecule has 1 aromatic heterocycles. The van der Waals surface area contributed by atoms with Crippen molar-refractivity contribution in [3.8, 4) is 44.9 Å². The lowest BCUT2D eigenvalue weighted by molar-refractivity contribution is 0.438. The topological polar surface area (TPSA) is 53.6 Å². The van der Waals surface area contributed by atoms with Crippen LogP contribution in [0.15, 0.2) is 120 Å². The average Bonchev–Trinajstić information content (AvgIpc) is 3.45. The summed E-state index contributed by atoms with van der Waals surface area (Å²) in [6.45, 7) is 3.71. The fourth-order valence-electron chi connectivity index (χ4n) is 6.84. The Balaban J connectivity index is 1.45. The van der Waals surface area contributed by atoms with Crippen LogP contribution in [-0.4, -0.2) is 14.7 Å². The minimum atomic E-state index is -0.745. The van der Waals surface area contributed by atoms with E-state index in [-0.39, 0.29) is 11.5 Å². The van der Waals surface area contributed by atoms with Gasteiger partial charge in [0.25, 0.3) is 0 Å². The van der Waals surface area contributed by atoms with Crippen LogP contribution in [0.4, 0.5) is 0 Å². The largest absolute Gasteiger partial charge is 0.507 e. The van der Waals surface area contributed by atoms with E-state index in [0.29, 0.717) is 5.56 Å². The summed E-state index contributed by atoms with van der Waals surface area (Å²) >= 11 is -0.745. The number of phenolic OH excluding ortho intramolecular Hbond substituents is 2. The second-order valence-electron chi connectivity index (χ2n) is 11.5. The van der Waals surface area contributed by atoms with Gasteiger partial charge in [-0.3, -0.25) is 0 Å². The molecule has 0 atom stereocenters. The third-order valence-corrected chi connectivity index (χ3v) is 10.9. The van der Waals surface area contributed by atoms with E-state index in [4.69, 9.17) is 4.42 Å². The second kappa shape index (κ2) is 10.6. The maximum atomic E-state index is 11.2. The Morgan fingerprint density at radius 1 is 0.489 bits per heavy atom. The smallest absolute Gasteiger partial charge is 0.135 e. The molecular formula is C41H29IO3. The Kier molecular flexibility index (Phi) is 6.50. The number of hydrogen-bond acceptors (Lipinski definition) is 3. The van der Waals surface area contributed by atoms with Crippen molar-refractivity contribution < 1.29 is 14.6 Å². The normalized spacial score (nSPS) is 11.7. The first-order chi connectivity index (χ1) is 22.0. The predicted molar refractivity (Wildman–Crippen MR) is 198 cm³/mol. The van der Waals surface area contributed by atoms with Gasteiger partial charge in [-0.25, -0.2) is 0 Å². The van der Waals surface area contributed by atoms with E-state index in [1.54, 1.807) is 6.92 Å². The molecule has 1 heterocycles. The molecule has 0 bridgehead atoms. The molecule has 0 amide bonds. The van der Waals surface area contributed by atoms with Crippen molar-refractivity contribution in [3.05, 3.63) is 130 Å². The van der Waals surface area contributed by atoms with Crippen LogP contribution in [0, 0.1) is 17.4 Å². The molecule has 8 rings (SSSR count). The summed E-state index contributed by atoms with van der Waals surface area (Å²) < 4.78 is 11.4. The summed E-state index contributed by atoms with van der Waals surface area (Å²) in [5.74, 6) is 0.286. The number of phenols is 2. The van der Waals surface area contributed by atoms with Gasteiger partial charge in [0.05, 0.1) is 3.57 Å². The maximum Gasteiger partial charge on any atom is 0.135 e. The van der Waals surface area contributed by atoms with Crippen LogP contribution >= 0.6 is 20.7 Å². The lowest BCUT2D eigenvalue weighted by atomic mass is 9.84. The highest BCUT2D eigenvalue weighted by atomic mass is 127. The average molecular weight is 697 g/mol. The SMILES string of the molecule is C=Ic1c(O)c(C)c(O)c(C)c1-c1c2ccccc2c(-c2ccc3oc4ccc(-c5ccccc5)cc4c3c2)c2ccccc12. The maximum absolute atomic E-state index is 11.2. The third kappa shape index (κ3) is 4.20. The van der Waals surface area contributed by atoms with Crippen LogP contribution in [0.1, 0.15) is 11.1 Å². The predicted octanol–water partition coefficient (Wildman–Crippen LogP) is 11.5. The van der Waals surface area contributed by atoms with Crippen LogP contribution in [0.3, 0.4) is 0 Å². The van der Waals surface area contributed by atoms with E-state index in [1.807, 2.05) is 13.0 Å². The van der Waals surface area contributed by atoms with E-state index >= 15 is 0 Å². The molecule has 7 aromatic carbocycles. The van der Waals surface area contributed by atoms with E-state index in [2.05, 4.69) is 114 Å². The van der Waals surface area contributed by atoms with Crippen molar-refractivity contribution in [1.82, 2.24) is 0 Å². The highest BCUT2D eigenvalue weighted by Crippen LogP contribution is 2.50. The van der Waals surface area contributed by atoms with Crippen molar-refractivity contribution in [2.45, 2.75) is 13.8 Å². The third-order valence-electron chi connectivity index (χ3n) is 9.05. The number of benzene rings is 7. The minimum Gasteiger partial charge on any atom is -0.507 e. The summed E-state index contributed by atoms with van der Waals surface area (Å²) in [6.07, 6.45) is 0. The molecule has 3 nitrogen and oxygen atoms in total. The quantitative estimate of drug-likeness (QED) is 0.142. The van der Waals surface area contributed by atoms with Crippen LogP contribution in [0.2, 0.25) is 0 Å². The van der Waals surface area contributed by atoms with Gasteiger partial charge in [0.15, 0.2) is 0 Å². The van der Waals surface area contributed by atoms with Crippen molar-refractivity contribution in [2.75, 3.05) is 0 Å². The number of hydrogen-bond donors (Lipinski definition) is 2. The van der Waals surface area contributed by atoms with Gasteiger partial charge in [-0.15, -0.1) is 0 Å². The zero-order chi connectivity index (χ0) is 30.8. The Morgan fingerprint density at radius 2 is 1.00 bits per heavy atom. The zero-order valence-electron chi connectivity index (χ0n) is 24.9. The fraction of sp³-hybridized carbons (Fsp3) is 0.0488. The number of rotatable bonds is 4. The van der Waals surface area contributed by atoms with Gasteiger partial charge in [0.2, 0.25) is 0 Å². The standard InChI is InChI=1S/C41H29IO3/c1-23-36(39(42-3)41(44)24(2)40(23)43)38-30-15-9-7-13-28(30)37(29-14-8-10-16-31(29)38)27-18-20-35-33(22-27)32-21-26(17-19-34(32)45-35)25-11-5-4-6-12-25/h4-22,43-44H,3H2,1-2H3. The summed E-state index contributed by atoms with van der Waals surface area (Å²) in [4.78, 5) is 0. The molecule has 0 unspecified atom stereocenters. The second-order valence-corrected chi connectivity index (χ2v) is 13.3. The van der Waals surface area contributed by atoms with Crippen molar-refractivity contribution >= 4 is 68.7 Å². The van der Waals surface area contributed by atoms with Crippen LogP contribution < -0.4 is 0 Å². The molecule has 45 heavy (non-hydrogen) atoms. The molecule has 0 fully saturated rings. The van der Waals surface area contributed by atoms with E-state index in [0.717, 1.165) is 80.4 Å². The molecule has 2 N–H and O–H groups in total. The van der Waals surface area contributed by atoms with Gasteiger partial charge in [-0.05, 0) is 87.5 Å². The monoisotopic (exact) mass is 696 g/mol. The van der Waals surface area contributed by atoms with Crippen molar-refractivity contribution in [1.29, 1.82) is 0 Å². The van der Waals surface area contributed by atoms with E-state index < -0.39 is 20.7 Å². The van der Waals surface area contributed by atoms with Crippen molar-refractivity contribution in [2.24, 2.45) is 0 Å². The van der Waals surface area contributed by atoms with E-state index in [1.165, 1.54) is 5.56 Å². The van der Waals surface area contributed by atoms with Crippen molar-refractivity contribution in [3.63, 3.8) is 0 Å². The lowest BCUT2D eigenvalue weighted by Gasteiger charge is -2.22. The fourth-order valence-corrected chi connectivity index (χ4v) is 8.66. The Labute approximate surface area is 270 Å². The van der Waals surface area contributed by atoms with Crippen LogP contribution in [0.25, 0.3) is 76.9 Å². The first-order valence-electron chi connectivity index (χ1n) is 14.9. The molecule has 0 aliphatic carbocycles. The van der Waals surface area contributed by atoms with E-state index in [9.17, 15) is 10.2 Å². The number of fused-ring (bicyclic) bond motifs is 5. The molecule has 0 saturated heterocycles. The number of aromatic hydroxyl groups is 2. The first-order valence-corrected chi connectivity index (χ1v) is 17.5. The molecule has 4 heteroatoms. The highest BCUT2D eigenvalue weighted by molar-refractivity contribution is 14.2. The zero-order valence-corrected chi connectivity index (χ0v) is 27.0. The van der Waals surface area contributed by atoms with Gasteiger partial charge in [0, 0.05) is 27.5 Å². The summed E-state index contributed by atoms with van der Waals surface area (Å²) in [5.41, 5.74) is 9.49. The Hall–Kier alpha value is -4.94. The first kappa shape index (κ1) is 27.6.